The zero-order chi connectivity index (χ0) is 13.0. The smallest absolute Gasteiger partial charge is 0.338 e. The summed E-state index contributed by atoms with van der Waals surface area (Å²) in [5.41, 5.74) is 7.75. The number of nitrogens with two attached hydrogens (primary N) is 1. The highest BCUT2D eigenvalue weighted by molar-refractivity contribution is 5.90. The van der Waals surface area contributed by atoms with Crippen molar-refractivity contribution < 1.29 is 9.53 Å². The number of ether oxygens (including phenoxy) is 1. The molecule has 5 nitrogen and oxygen atoms in total. The first-order valence-corrected chi connectivity index (χ1v) is 5.67. The lowest BCUT2D eigenvalue weighted by Crippen LogP contribution is -2.12. The predicted octanol–water partition coefficient (Wildman–Crippen LogP) is 1.63. The fraction of sp³-hybridized carbons (Fsp3) is 0.231. The maximum Gasteiger partial charge on any atom is 0.338 e. The Morgan fingerprint density at radius 1 is 1.50 bits per heavy atom. The van der Waals surface area contributed by atoms with E-state index in [1.165, 1.54) is 0 Å². The number of nitrogens with zero attached hydrogens (tertiary/aromatic N) is 2. The molecule has 0 aliphatic rings. The quantitative estimate of drug-likeness (QED) is 0.656. The third-order valence-electron chi connectivity index (χ3n) is 2.63. The van der Waals surface area contributed by atoms with E-state index >= 15 is 0 Å². The molecule has 2 rings (SSSR count). The van der Waals surface area contributed by atoms with E-state index in [1.54, 1.807) is 29.1 Å². The van der Waals surface area contributed by atoms with Crippen LogP contribution in [-0.2, 0) is 11.3 Å². The van der Waals surface area contributed by atoms with Gasteiger partial charge in [-0.3, -0.25) is 4.68 Å². The summed E-state index contributed by atoms with van der Waals surface area (Å²) in [6.07, 6.45) is 3.50. The number of esters is 1. The Bertz CT molecular complexity index is 535. The Hall–Kier alpha value is -2.30. The second-order valence-corrected chi connectivity index (χ2v) is 3.98. The molecule has 0 aliphatic carbocycles. The number of hydrogen-bond acceptors (Lipinski definition) is 4. The van der Waals surface area contributed by atoms with Crippen molar-refractivity contribution in [3.05, 3.63) is 47.8 Å². The van der Waals surface area contributed by atoms with E-state index < -0.39 is 0 Å². The molecule has 0 atom stereocenters. The molecule has 5 heteroatoms. The highest BCUT2D eigenvalue weighted by atomic mass is 16.5. The summed E-state index contributed by atoms with van der Waals surface area (Å²) in [7, 11) is 0. The van der Waals surface area contributed by atoms with Crippen molar-refractivity contribution in [1.82, 2.24) is 9.78 Å². The van der Waals surface area contributed by atoms with Gasteiger partial charge in [0.2, 0.25) is 0 Å². The predicted molar refractivity (Wildman–Crippen MR) is 68.1 cm³/mol. The average molecular weight is 245 g/mol. The molecule has 0 saturated carbocycles. The van der Waals surface area contributed by atoms with Crippen LogP contribution >= 0.6 is 0 Å². The number of carbonyl (C=O) groups is 1. The second-order valence-electron chi connectivity index (χ2n) is 3.98. The van der Waals surface area contributed by atoms with Gasteiger partial charge in [-0.1, -0.05) is 6.07 Å². The number of hydrogen-bond donors (Lipinski definition) is 1. The fourth-order valence-electron chi connectivity index (χ4n) is 1.52. The summed E-state index contributed by atoms with van der Waals surface area (Å²) in [5.74, 6) is -0.367. The van der Waals surface area contributed by atoms with Crippen molar-refractivity contribution in [2.24, 2.45) is 0 Å². The van der Waals surface area contributed by atoms with Crippen LogP contribution in [0.3, 0.4) is 0 Å². The van der Waals surface area contributed by atoms with Crippen LogP contribution in [0.15, 0.2) is 36.7 Å². The van der Waals surface area contributed by atoms with E-state index in [2.05, 4.69) is 5.10 Å². The van der Waals surface area contributed by atoms with E-state index in [0.717, 1.165) is 5.56 Å². The first-order valence-electron chi connectivity index (χ1n) is 5.67. The number of rotatable bonds is 4. The zero-order valence-corrected chi connectivity index (χ0v) is 10.2. The molecule has 0 spiro atoms. The molecule has 0 amide bonds. The lowest BCUT2D eigenvalue weighted by molar-refractivity contribution is 0.0488. The summed E-state index contributed by atoms with van der Waals surface area (Å²) in [4.78, 5) is 11.7. The van der Waals surface area contributed by atoms with Gasteiger partial charge >= 0.3 is 5.97 Å². The largest absolute Gasteiger partial charge is 0.460 e. The first-order chi connectivity index (χ1) is 8.66. The van der Waals surface area contributed by atoms with E-state index in [1.807, 2.05) is 19.2 Å². The first kappa shape index (κ1) is 12.2. The van der Waals surface area contributed by atoms with Crippen molar-refractivity contribution >= 4 is 11.7 Å². The van der Waals surface area contributed by atoms with Crippen LogP contribution in [0.1, 0.15) is 15.9 Å². The minimum absolute atomic E-state index is 0.286. The molecular weight excluding hydrogens is 230 g/mol. The van der Waals surface area contributed by atoms with E-state index in [4.69, 9.17) is 10.5 Å². The Morgan fingerprint density at radius 2 is 2.33 bits per heavy atom. The standard InChI is InChI=1S/C13H15N3O2/c1-10-3-4-11(9-12(10)14)13(17)18-8-7-16-6-2-5-15-16/h2-6,9H,7-8,14H2,1H3. The molecule has 94 valence electrons. The number of nitrogen functional groups attached to an aromatic ring is 1. The molecule has 1 aromatic heterocycles. The van der Waals surface area contributed by atoms with Gasteiger partial charge in [-0.25, -0.2) is 4.79 Å². The summed E-state index contributed by atoms with van der Waals surface area (Å²) in [6.45, 7) is 2.72. The Labute approximate surface area is 105 Å². The molecule has 18 heavy (non-hydrogen) atoms. The maximum atomic E-state index is 11.7. The molecule has 0 saturated heterocycles. The molecule has 0 radical (unpaired) electrons. The molecule has 0 bridgehead atoms. The fourth-order valence-corrected chi connectivity index (χ4v) is 1.52. The maximum absolute atomic E-state index is 11.7. The van der Waals surface area contributed by atoms with Crippen molar-refractivity contribution in [3.63, 3.8) is 0 Å². The minimum Gasteiger partial charge on any atom is -0.460 e. The zero-order valence-electron chi connectivity index (χ0n) is 10.2. The third-order valence-corrected chi connectivity index (χ3v) is 2.63. The van der Waals surface area contributed by atoms with E-state index in [0.29, 0.717) is 17.8 Å². The number of carbonyl (C=O) groups excluding carboxylic acids is 1. The van der Waals surface area contributed by atoms with Gasteiger partial charge in [0, 0.05) is 18.1 Å². The summed E-state index contributed by atoms with van der Waals surface area (Å²) < 4.78 is 6.85. The normalized spacial score (nSPS) is 10.3. The highest BCUT2D eigenvalue weighted by Crippen LogP contribution is 2.13. The average Bonchev–Trinajstić information content (AvgIpc) is 2.85. The minimum atomic E-state index is -0.367. The molecular formula is C13H15N3O2. The van der Waals surface area contributed by atoms with Crippen LogP contribution in [0.4, 0.5) is 5.69 Å². The van der Waals surface area contributed by atoms with Gasteiger partial charge in [0.25, 0.3) is 0 Å². The van der Waals surface area contributed by atoms with E-state index in [9.17, 15) is 4.79 Å². The van der Waals surface area contributed by atoms with Gasteiger partial charge in [0.15, 0.2) is 0 Å². The third kappa shape index (κ3) is 2.88. The van der Waals surface area contributed by atoms with Crippen LogP contribution in [0.2, 0.25) is 0 Å². The van der Waals surface area contributed by atoms with Crippen molar-refractivity contribution in [3.8, 4) is 0 Å². The molecule has 2 N–H and O–H groups in total. The Morgan fingerprint density at radius 3 is 3.00 bits per heavy atom. The van der Waals surface area contributed by atoms with Crippen LogP contribution in [-0.4, -0.2) is 22.4 Å². The number of aryl methyl sites for hydroxylation is 1. The highest BCUT2D eigenvalue weighted by Gasteiger charge is 2.08. The number of benzene rings is 1. The van der Waals surface area contributed by atoms with Crippen LogP contribution in [0.5, 0.6) is 0 Å². The van der Waals surface area contributed by atoms with Gasteiger partial charge < -0.3 is 10.5 Å². The van der Waals surface area contributed by atoms with Crippen LogP contribution in [0.25, 0.3) is 0 Å². The van der Waals surface area contributed by atoms with Gasteiger partial charge in [-0.2, -0.15) is 5.10 Å². The van der Waals surface area contributed by atoms with Gasteiger partial charge in [-0.05, 0) is 30.7 Å². The Kier molecular flexibility index (Phi) is 3.62. The monoisotopic (exact) mass is 245 g/mol. The van der Waals surface area contributed by atoms with Gasteiger partial charge in [-0.15, -0.1) is 0 Å². The summed E-state index contributed by atoms with van der Waals surface area (Å²) >= 11 is 0. The molecule has 1 aromatic carbocycles. The SMILES string of the molecule is Cc1ccc(C(=O)OCCn2cccn2)cc1N. The molecule has 0 fully saturated rings. The summed E-state index contributed by atoms with van der Waals surface area (Å²) in [5, 5.41) is 4.02. The lowest BCUT2D eigenvalue weighted by atomic mass is 10.1. The molecule has 0 aliphatic heterocycles. The lowest BCUT2D eigenvalue weighted by Gasteiger charge is -2.06. The van der Waals surface area contributed by atoms with Crippen molar-refractivity contribution in [2.75, 3.05) is 12.3 Å². The summed E-state index contributed by atoms with van der Waals surface area (Å²) in [6, 6.07) is 6.97. The van der Waals surface area contributed by atoms with Crippen LogP contribution < -0.4 is 5.73 Å². The Balaban J connectivity index is 1.89. The topological polar surface area (TPSA) is 70.1 Å². The molecule has 1 heterocycles. The van der Waals surface area contributed by atoms with Crippen LogP contribution in [0, 0.1) is 6.92 Å². The van der Waals surface area contributed by atoms with Gasteiger partial charge in [0.1, 0.15) is 6.61 Å². The molecule has 2 aromatic rings. The van der Waals surface area contributed by atoms with Crippen molar-refractivity contribution in [1.29, 1.82) is 0 Å². The molecule has 0 unspecified atom stereocenters. The number of aromatic nitrogens is 2. The number of anilines is 1. The van der Waals surface area contributed by atoms with E-state index in [-0.39, 0.29) is 12.6 Å². The second kappa shape index (κ2) is 5.35. The van der Waals surface area contributed by atoms with Crippen molar-refractivity contribution in [2.45, 2.75) is 13.5 Å². The van der Waals surface area contributed by atoms with Gasteiger partial charge in [0.05, 0.1) is 12.1 Å².